The molecule has 0 aromatic carbocycles. The summed E-state index contributed by atoms with van der Waals surface area (Å²) in [6, 6.07) is 0. The van der Waals surface area contributed by atoms with Crippen molar-refractivity contribution in [2.75, 3.05) is 13.2 Å². The third-order valence-electron chi connectivity index (χ3n) is 10.2. The minimum absolute atomic E-state index is 0.156. The highest BCUT2D eigenvalue weighted by atomic mass is 16.8. The molecule has 40 heavy (non-hydrogen) atoms. The van der Waals surface area contributed by atoms with Crippen LogP contribution in [-0.2, 0) is 28.4 Å². The van der Waals surface area contributed by atoms with E-state index in [1.54, 1.807) is 0 Å². The van der Waals surface area contributed by atoms with Gasteiger partial charge in [0.05, 0.1) is 0 Å². The number of hydrogen-bond acceptors (Lipinski definition) is 6. The summed E-state index contributed by atoms with van der Waals surface area (Å²) in [4.78, 5) is 0. The Bertz CT molecular complexity index is 629. The third kappa shape index (κ3) is 7.63. The topological polar surface area (TPSA) is 55.4 Å². The highest BCUT2D eigenvalue weighted by Gasteiger charge is 2.66. The maximum absolute atomic E-state index is 6.94. The van der Waals surface area contributed by atoms with E-state index in [1.165, 1.54) is 77.0 Å². The second kappa shape index (κ2) is 15.5. The summed E-state index contributed by atoms with van der Waals surface area (Å²) < 4.78 is 41.3. The second-order valence-corrected chi connectivity index (χ2v) is 13.5. The molecular formula is C34H60O6. The lowest BCUT2D eigenvalue weighted by molar-refractivity contribution is -0.228. The predicted octanol–water partition coefficient (Wildman–Crippen LogP) is 8.38. The summed E-state index contributed by atoms with van der Waals surface area (Å²) in [6.45, 7) is 6.04. The van der Waals surface area contributed by atoms with Crippen molar-refractivity contribution in [2.24, 2.45) is 0 Å². The Kier molecular flexibility index (Phi) is 12.1. The van der Waals surface area contributed by atoms with Gasteiger partial charge in [-0.15, -0.1) is 0 Å². The molecule has 2 unspecified atom stereocenters. The summed E-state index contributed by atoms with van der Waals surface area (Å²) in [5.74, 6) is -0.976. The Morgan fingerprint density at radius 1 is 0.450 bits per heavy atom. The van der Waals surface area contributed by atoms with E-state index in [9.17, 15) is 0 Å². The maximum Gasteiger partial charge on any atom is 0.169 e. The highest BCUT2D eigenvalue weighted by Crippen LogP contribution is 2.52. The van der Waals surface area contributed by atoms with Crippen LogP contribution in [0.1, 0.15) is 155 Å². The number of unbranched alkanes of at least 4 members (excludes halogenated alkanes) is 10. The summed E-state index contributed by atoms with van der Waals surface area (Å²) in [5.41, 5.74) is 0. The fourth-order valence-electron chi connectivity index (χ4n) is 7.94. The van der Waals surface area contributed by atoms with Gasteiger partial charge in [0.25, 0.3) is 0 Å². The number of hydrogen-bond donors (Lipinski definition) is 0. The predicted molar refractivity (Wildman–Crippen MR) is 157 cm³/mol. The van der Waals surface area contributed by atoms with E-state index in [1.807, 2.05) is 0 Å². The Hall–Kier alpha value is -0.240. The summed E-state index contributed by atoms with van der Waals surface area (Å²) in [7, 11) is 0. The van der Waals surface area contributed by atoms with Gasteiger partial charge in [0.2, 0.25) is 0 Å². The normalized spacial score (nSPS) is 34.4. The molecule has 2 spiro atoms. The molecule has 2 aliphatic heterocycles. The van der Waals surface area contributed by atoms with E-state index < -0.39 is 11.6 Å². The molecule has 232 valence electrons. The molecule has 5 aliphatic rings. The first-order valence-corrected chi connectivity index (χ1v) is 17.6. The molecule has 3 aliphatic carbocycles. The van der Waals surface area contributed by atoms with Crippen LogP contribution in [0.4, 0.5) is 0 Å². The Balaban J connectivity index is 1.28. The van der Waals surface area contributed by atoms with Crippen molar-refractivity contribution in [3.05, 3.63) is 0 Å². The van der Waals surface area contributed by atoms with Crippen LogP contribution in [0.3, 0.4) is 0 Å². The molecule has 6 atom stereocenters. The zero-order chi connectivity index (χ0) is 27.7. The fourth-order valence-corrected chi connectivity index (χ4v) is 7.94. The van der Waals surface area contributed by atoms with Crippen LogP contribution in [0.5, 0.6) is 0 Å². The van der Waals surface area contributed by atoms with Crippen molar-refractivity contribution < 1.29 is 28.4 Å². The number of rotatable bonds is 16. The molecule has 2 heterocycles. The summed E-state index contributed by atoms with van der Waals surface area (Å²) in [5, 5.41) is 0. The van der Waals surface area contributed by atoms with Gasteiger partial charge in [-0.3, -0.25) is 0 Å². The van der Waals surface area contributed by atoms with Gasteiger partial charge < -0.3 is 28.4 Å². The van der Waals surface area contributed by atoms with Crippen LogP contribution in [0.25, 0.3) is 0 Å². The zero-order valence-electron chi connectivity index (χ0n) is 25.9. The van der Waals surface area contributed by atoms with Gasteiger partial charge in [0.1, 0.15) is 36.6 Å². The maximum atomic E-state index is 6.94. The van der Waals surface area contributed by atoms with Gasteiger partial charge in [0.15, 0.2) is 11.6 Å². The van der Waals surface area contributed by atoms with Crippen molar-refractivity contribution in [1.29, 1.82) is 0 Å². The summed E-state index contributed by atoms with van der Waals surface area (Å²) in [6.07, 6.45) is 25.2. The number of fused-ring (bicyclic) bond motifs is 2. The lowest BCUT2D eigenvalue weighted by Gasteiger charge is -2.42. The average Bonchev–Trinajstić information content (AvgIpc) is 3.51. The van der Waals surface area contributed by atoms with Gasteiger partial charge in [-0.05, 0) is 38.5 Å². The van der Waals surface area contributed by atoms with Crippen LogP contribution >= 0.6 is 0 Å². The minimum atomic E-state index is -0.488. The Labute approximate surface area is 244 Å². The SMILES string of the molecule is CCCCCCCCOC1[C@H]2OC3(CCCCC3)O[C@H]2C(OCCCCCCCC)[C@@H]2OC3(CCCCC3)O[C@@H]12. The molecule has 2 saturated heterocycles. The average molecular weight is 565 g/mol. The van der Waals surface area contributed by atoms with Gasteiger partial charge >= 0.3 is 0 Å². The van der Waals surface area contributed by atoms with Crippen molar-refractivity contribution in [1.82, 2.24) is 0 Å². The first-order chi connectivity index (χ1) is 19.7. The van der Waals surface area contributed by atoms with E-state index in [2.05, 4.69) is 13.8 Å². The minimum Gasteiger partial charge on any atom is -0.373 e. The first-order valence-electron chi connectivity index (χ1n) is 17.6. The molecule has 0 bridgehead atoms. The smallest absolute Gasteiger partial charge is 0.169 e. The van der Waals surface area contributed by atoms with Gasteiger partial charge in [-0.1, -0.05) is 90.9 Å². The van der Waals surface area contributed by atoms with Crippen LogP contribution in [-0.4, -0.2) is 61.4 Å². The van der Waals surface area contributed by atoms with E-state index >= 15 is 0 Å². The first kappa shape index (κ1) is 31.2. The van der Waals surface area contributed by atoms with E-state index in [4.69, 9.17) is 28.4 Å². The molecule has 0 N–H and O–H groups in total. The molecule has 5 rings (SSSR count). The Morgan fingerprint density at radius 2 is 0.775 bits per heavy atom. The lowest BCUT2D eigenvalue weighted by Crippen LogP contribution is -2.63. The van der Waals surface area contributed by atoms with Crippen molar-refractivity contribution >= 4 is 0 Å². The van der Waals surface area contributed by atoms with Crippen molar-refractivity contribution in [2.45, 2.75) is 203 Å². The highest BCUT2D eigenvalue weighted by molar-refractivity contribution is 5.10. The third-order valence-corrected chi connectivity index (χ3v) is 10.2. The van der Waals surface area contributed by atoms with E-state index in [0.29, 0.717) is 0 Å². The van der Waals surface area contributed by atoms with Crippen molar-refractivity contribution in [3.8, 4) is 0 Å². The van der Waals surface area contributed by atoms with Crippen LogP contribution in [0.2, 0.25) is 0 Å². The van der Waals surface area contributed by atoms with Gasteiger partial charge in [0, 0.05) is 38.9 Å². The summed E-state index contributed by atoms with van der Waals surface area (Å²) >= 11 is 0. The van der Waals surface area contributed by atoms with Crippen LogP contribution < -0.4 is 0 Å². The van der Waals surface area contributed by atoms with E-state index in [0.717, 1.165) is 77.4 Å². The molecule has 6 heteroatoms. The van der Waals surface area contributed by atoms with E-state index in [-0.39, 0.29) is 36.6 Å². The fraction of sp³-hybridized carbons (Fsp3) is 1.00. The molecule has 5 fully saturated rings. The molecule has 0 radical (unpaired) electrons. The zero-order valence-corrected chi connectivity index (χ0v) is 25.9. The van der Waals surface area contributed by atoms with Crippen molar-refractivity contribution in [3.63, 3.8) is 0 Å². The molecule has 0 aromatic heterocycles. The van der Waals surface area contributed by atoms with Gasteiger partial charge in [-0.2, -0.15) is 0 Å². The molecule has 3 saturated carbocycles. The molecular weight excluding hydrogens is 504 g/mol. The number of ether oxygens (including phenoxy) is 6. The molecule has 0 aromatic rings. The monoisotopic (exact) mass is 564 g/mol. The van der Waals surface area contributed by atoms with Crippen LogP contribution in [0.15, 0.2) is 0 Å². The van der Waals surface area contributed by atoms with Crippen LogP contribution in [0, 0.1) is 0 Å². The van der Waals surface area contributed by atoms with Gasteiger partial charge in [-0.25, -0.2) is 0 Å². The standard InChI is InChI=1S/C34H60O6/c1-3-5-7-9-11-19-25-35-27-29-31(39-33(37-29)21-15-13-16-22-33)28(36-26-20-12-10-8-6-4-2)32-30(27)38-34(40-32)23-17-14-18-24-34/h27-32H,3-26H2,1-2H3/t27?,28?,29-,30-,31-,32+/m0/s1. The Morgan fingerprint density at radius 3 is 1.12 bits per heavy atom. The quantitative estimate of drug-likeness (QED) is 0.176. The molecule has 6 nitrogen and oxygen atoms in total. The molecule has 0 amide bonds. The second-order valence-electron chi connectivity index (χ2n) is 13.5. The largest absolute Gasteiger partial charge is 0.373 e. The lowest BCUT2D eigenvalue weighted by atomic mass is 9.84.